The third-order valence-electron chi connectivity index (χ3n) is 7.28. The van der Waals surface area contributed by atoms with Crippen LogP contribution >= 0.6 is 0 Å². The van der Waals surface area contributed by atoms with Gasteiger partial charge in [-0.25, -0.2) is 4.68 Å². The van der Waals surface area contributed by atoms with Gasteiger partial charge >= 0.3 is 12.4 Å². The van der Waals surface area contributed by atoms with Crippen LogP contribution in [-0.2, 0) is 20.6 Å². The molecular weight excluding hydrogens is 584 g/mol. The quantitative estimate of drug-likeness (QED) is 0.410. The Kier molecular flexibility index (Phi) is 9.97. The lowest BCUT2D eigenvalue weighted by molar-refractivity contribution is -0.175. The topological polar surface area (TPSA) is 113 Å². The summed E-state index contributed by atoms with van der Waals surface area (Å²) in [5.74, 6) is -5.65. The molecule has 9 nitrogen and oxygen atoms in total. The lowest BCUT2D eigenvalue weighted by atomic mass is 9.98. The fourth-order valence-electron chi connectivity index (χ4n) is 4.86. The molecule has 3 rings (SSSR count). The molecule has 1 aromatic heterocycles. The number of likely N-dealkylation sites (tertiary alicyclic amines) is 1. The number of hydrogen-bond acceptors (Lipinski definition) is 5. The number of carbonyl (C=O) groups is 4. The number of rotatable bonds is 9. The molecule has 0 unspecified atom stereocenters. The summed E-state index contributed by atoms with van der Waals surface area (Å²) < 4.78 is 79.3. The molecule has 236 valence electrons. The van der Waals surface area contributed by atoms with Crippen LogP contribution in [0.1, 0.15) is 62.2 Å². The van der Waals surface area contributed by atoms with Crippen LogP contribution in [0.15, 0.2) is 30.5 Å². The average molecular weight is 618 g/mol. The maximum atomic E-state index is 13.6. The minimum Gasteiger partial charge on any atom is -0.344 e. The molecule has 2 aromatic rings. The van der Waals surface area contributed by atoms with E-state index in [2.05, 4.69) is 15.7 Å². The monoisotopic (exact) mass is 617 g/mol. The number of amides is 3. The van der Waals surface area contributed by atoms with Gasteiger partial charge in [-0.05, 0) is 55.9 Å². The van der Waals surface area contributed by atoms with Crippen molar-refractivity contribution in [3.8, 4) is 5.69 Å². The Labute approximate surface area is 244 Å². The first-order chi connectivity index (χ1) is 19.8. The number of carbonyl (C=O) groups excluding carboxylic acids is 4. The lowest BCUT2D eigenvalue weighted by Crippen LogP contribution is -2.58. The Morgan fingerprint density at radius 1 is 0.907 bits per heavy atom. The number of nitrogens with zero attached hydrogens (tertiary/aromatic N) is 3. The summed E-state index contributed by atoms with van der Waals surface area (Å²) in [4.78, 5) is 52.9. The fraction of sp³-hybridized carbons (Fsp3) is 0.536. The second-order valence-corrected chi connectivity index (χ2v) is 11.1. The molecule has 0 spiro atoms. The lowest BCUT2D eigenvalue weighted by Gasteiger charge is -2.31. The molecule has 1 aromatic carbocycles. The van der Waals surface area contributed by atoms with E-state index in [1.165, 1.54) is 48.7 Å². The smallest absolute Gasteiger partial charge is 0.344 e. The molecule has 3 amide bonds. The summed E-state index contributed by atoms with van der Waals surface area (Å²) in [6.07, 6.45) is -7.94. The van der Waals surface area contributed by atoms with Crippen LogP contribution < -0.4 is 10.6 Å². The third kappa shape index (κ3) is 7.54. The zero-order valence-corrected chi connectivity index (χ0v) is 24.1. The largest absolute Gasteiger partial charge is 0.452 e. The normalized spacial score (nSPS) is 17.2. The van der Waals surface area contributed by atoms with Crippen molar-refractivity contribution in [1.82, 2.24) is 25.3 Å². The van der Waals surface area contributed by atoms with Crippen molar-refractivity contribution in [1.29, 1.82) is 0 Å². The zero-order valence-electron chi connectivity index (χ0n) is 24.1. The van der Waals surface area contributed by atoms with Crippen molar-refractivity contribution in [2.75, 3.05) is 6.54 Å². The van der Waals surface area contributed by atoms with Crippen molar-refractivity contribution in [3.05, 3.63) is 47.3 Å². The van der Waals surface area contributed by atoms with Crippen LogP contribution in [0, 0.1) is 18.8 Å². The van der Waals surface area contributed by atoms with Crippen molar-refractivity contribution >= 4 is 23.5 Å². The van der Waals surface area contributed by atoms with Crippen LogP contribution in [0.5, 0.6) is 0 Å². The Bertz CT molecular complexity index is 1350. The summed E-state index contributed by atoms with van der Waals surface area (Å²) in [5.41, 5.74) is -0.229. The van der Waals surface area contributed by atoms with Crippen LogP contribution in [0.25, 0.3) is 5.69 Å². The van der Waals surface area contributed by atoms with Gasteiger partial charge in [0.25, 0.3) is 11.7 Å². The standard InChI is InChI=1S/C28H33F6N5O4/c1-14(2)21(23(40)28(32,33)34)36-25(42)20-7-6-12-38(20)26(43)22(15(3)4)37-24(41)19-13-35-39(16(19)5)18-10-8-17(9-11-18)27(29,30)31/h8-11,13-15,20-22H,6-7,12H2,1-5H3,(H,36,42)(H,37,41)/t20-,21-,22-/m0/s1. The van der Waals surface area contributed by atoms with Gasteiger partial charge in [-0.15, -0.1) is 0 Å². The van der Waals surface area contributed by atoms with Crippen LogP contribution in [-0.4, -0.2) is 69.0 Å². The summed E-state index contributed by atoms with van der Waals surface area (Å²) in [6, 6.07) is 0.0774. The van der Waals surface area contributed by atoms with Crippen LogP contribution in [0.2, 0.25) is 0 Å². The van der Waals surface area contributed by atoms with Crippen molar-refractivity contribution in [3.63, 3.8) is 0 Å². The molecule has 1 fully saturated rings. The molecule has 0 aliphatic carbocycles. The van der Waals surface area contributed by atoms with Crippen molar-refractivity contribution in [2.45, 2.75) is 77.9 Å². The molecule has 2 heterocycles. The Balaban J connectivity index is 1.77. The predicted molar refractivity (Wildman–Crippen MR) is 142 cm³/mol. The van der Waals surface area contributed by atoms with Gasteiger partial charge in [-0.3, -0.25) is 19.2 Å². The Morgan fingerprint density at radius 3 is 2.00 bits per heavy atom. The highest BCUT2D eigenvalue weighted by Crippen LogP contribution is 2.30. The third-order valence-corrected chi connectivity index (χ3v) is 7.28. The molecule has 3 atom stereocenters. The molecule has 2 N–H and O–H groups in total. The molecule has 1 aliphatic rings. The molecule has 43 heavy (non-hydrogen) atoms. The van der Waals surface area contributed by atoms with E-state index in [9.17, 15) is 45.5 Å². The van der Waals surface area contributed by atoms with E-state index < -0.39 is 71.4 Å². The fourth-order valence-corrected chi connectivity index (χ4v) is 4.86. The molecule has 0 saturated carbocycles. The second kappa shape index (κ2) is 12.8. The Hall–Kier alpha value is -3.91. The van der Waals surface area contributed by atoms with Gasteiger partial charge in [0, 0.05) is 6.54 Å². The number of benzene rings is 1. The van der Waals surface area contributed by atoms with E-state index in [0.717, 1.165) is 12.1 Å². The minimum atomic E-state index is -5.15. The highest BCUT2D eigenvalue weighted by atomic mass is 19.4. The minimum absolute atomic E-state index is 0.0551. The van der Waals surface area contributed by atoms with Gasteiger partial charge in [0.1, 0.15) is 12.1 Å². The van der Waals surface area contributed by atoms with Crippen LogP contribution in [0.3, 0.4) is 0 Å². The van der Waals surface area contributed by atoms with E-state index in [1.54, 1.807) is 13.8 Å². The first kappa shape index (κ1) is 33.6. The van der Waals surface area contributed by atoms with Gasteiger partial charge in [0.05, 0.1) is 34.7 Å². The average Bonchev–Trinajstić information content (AvgIpc) is 3.55. The molecule has 1 aliphatic heterocycles. The number of ketones is 1. The molecular formula is C28H33F6N5O4. The Morgan fingerprint density at radius 2 is 1.49 bits per heavy atom. The number of aromatic nitrogens is 2. The van der Waals surface area contributed by atoms with E-state index in [0.29, 0.717) is 12.1 Å². The van der Waals surface area contributed by atoms with Crippen molar-refractivity contribution in [2.24, 2.45) is 11.8 Å². The molecule has 15 heteroatoms. The van der Waals surface area contributed by atoms with Crippen LogP contribution in [0.4, 0.5) is 26.3 Å². The number of alkyl halides is 6. The van der Waals surface area contributed by atoms with Gasteiger partial charge < -0.3 is 15.5 Å². The number of halogens is 6. The summed E-state index contributed by atoms with van der Waals surface area (Å²) >= 11 is 0. The number of Topliss-reactive ketones (excluding diaryl/α,β-unsaturated/α-hetero) is 1. The van der Waals surface area contributed by atoms with E-state index >= 15 is 0 Å². The summed E-state index contributed by atoms with van der Waals surface area (Å²) in [7, 11) is 0. The number of nitrogens with one attached hydrogen (secondary N) is 2. The van der Waals surface area contributed by atoms with Gasteiger partial charge in [-0.2, -0.15) is 31.4 Å². The first-order valence-electron chi connectivity index (χ1n) is 13.6. The number of hydrogen-bond donors (Lipinski definition) is 2. The predicted octanol–water partition coefficient (Wildman–Crippen LogP) is 4.22. The second-order valence-electron chi connectivity index (χ2n) is 11.1. The van der Waals surface area contributed by atoms with Gasteiger partial charge in [0.15, 0.2) is 0 Å². The highest BCUT2D eigenvalue weighted by molar-refractivity contribution is 6.00. The summed E-state index contributed by atoms with van der Waals surface area (Å²) in [5, 5.41) is 8.89. The van der Waals surface area contributed by atoms with Gasteiger partial charge in [-0.1, -0.05) is 27.7 Å². The first-order valence-corrected chi connectivity index (χ1v) is 13.6. The highest BCUT2D eigenvalue weighted by Gasteiger charge is 2.46. The maximum Gasteiger partial charge on any atom is 0.452 e. The molecule has 0 radical (unpaired) electrons. The van der Waals surface area contributed by atoms with Crippen molar-refractivity contribution < 1.29 is 45.5 Å². The van der Waals surface area contributed by atoms with E-state index in [1.807, 2.05) is 0 Å². The van der Waals surface area contributed by atoms with E-state index in [-0.39, 0.29) is 24.2 Å². The molecule has 1 saturated heterocycles. The zero-order chi connectivity index (χ0) is 32.4. The summed E-state index contributed by atoms with van der Waals surface area (Å²) in [6.45, 7) is 7.67. The van der Waals surface area contributed by atoms with E-state index in [4.69, 9.17) is 0 Å². The molecule has 0 bridgehead atoms. The SMILES string of the molecule is Cc1c(C(=O)N[C@H](C(=O)N2CCC[C@H]2C(=O)N[C@H](C(=O)C(F)(F)F)C(C)C)C(C)C)cnn1-c1ccc(C(F)(F)F)cc1. The maximum absolute atomic E-state index is 13.6. The van der Waals surface area contributed by atoms with Gasteiger partial charge in [0.2, 0.25) is 11.8 Å².